The van der Waals surface area contributed by atoms with Gasteiger partial charge in [-0.2, -0.15) is 0 Å². The third kappa shape index (κ3) is 4.70. The predicted octanol–water partition coefficient (Wildman–Crippen LogP) is 2.92. The highest BCUT2D eigenvalue weighted by atomic mass is 32.2. The number of thioether (sulfide) groups is 1. The van der Waals surface area contributed by atoms with Crippen LogP contribution in [0.25, 0.3) is 0 Å². The highest BCUT2D eigenvalue weighted by molar-refractivity contribution is 7.99. The van der Waals surface area contributed by atoms with Crippen LogP contribution in [-0.2, 0) is 4.79 Å². The van der Waals surface area contributed by atoms with E-state index in [0.29, 0.717) is 18.1 Å². The van der Waals surface area contributed by atoms with Gasteiger partial charge in [0.2, 0.25) is 5.91 Å². The SMILES string of the molecule is CC(C)Sc1ccc(N(C)C(=O)CCCO)cc1. The normalized spacial score (nSPS) is 10.7. The maximum Gasteiger partial charge on any atom is 0.226 e. The number of anilines is 1. The molecule has 4 heteroatoms. The zero-order chi connectivity index (χ0) is 13.5. The highest BCUT2D eigenvalue weighted by Crippen LogP contribution is 2.25. The van der Waals surface area contributed by atoms with Crippen molar-refractivity contribution in [2.24, 2.45) is 0 Å². The predicted molar refractivity (Wildman–Crippen MR) is 77.2 cm³/mol. The first-order valence-electron chi connectivity index (χ1n) is 6.18. The van der Waals surface area contributed by atoms with E-state index in [-0.39, 0.29) is 12.5 Å². The maximum atomic E-state index is 11.8. The van der Waals surface area contributed by atoms with Crippen LogP contribution in [-0.4, -0.2) is 29.9 Å². The number of aliphatic hydroxyl groups excluding tert-OH is 1. The Morgan fingerprint density at radius 2 is 1.94 bits per heavy atom. The number of rotatable bonds is 6. The van der Waals surface area contributed by atoms with Crippen LogP contribution in [0.15, 0.2) is 29.2 Å². The third-order valence-electron chi connectivity index (χ3n) is 2.52. The molecule has 0 aliphatic rings. The lowest BCUT2D eigenvalue weighted by molar-refractivity contribution is -0.118. The second-order valence-corrected chi connectivity index (χ2v) is 6.09. The molecule has 1 N–H and O–H groups in total. The van der Waals surface area contributed by atoms with Crippen molar-refractivity contribution in [3.8, 4) is 0 Å². The van der Waals surface area contributed by atoms with Gasteiger partial charge in [0.05, 0.1) is 0 Å². The Morgan fingerprint density at radius 1 is 1.33 bits per heavy atom. The molecule has 0 spiro atoms. The van der Waals surface area contributed by atoms with Gasteiger partial charge in [-0.15, -0.1) is 11.8 Å². The Hall–Kier alpha value is -1.00. The molecular weight excluding hydrogens is 246 g/mol. The van der Waals surface area contributed by atoms with Gasteiger partial charge in [0, 0.05) is 35.9 Å². The second kappa shape index (κ2) is 7.44. The largest absolute Gasteiger partial charge is 0.396 e. The molecule has 0 aromatic heterocycles. The first-order valence-corrected chi connectivity index (χ1v) is 7.06. The number of aliphatic hydroxyl groups is 1. The van der Waals surface area contributed by atoms with Crippen LogP contribution in [0, 0.1) is 0 Å². The van der Waals surface area contributed by atoms with E-state index in [0.717, 1.165) is 5.69 Å². The number of hydrogen-bond acceptors (Lipinski definition) is 3. The van der Waals surface area contributed by atoms with Crippen LogP contribution in [0.2, 0.25) is 0 Å². The molecular formula is C14H21NO2S. The molecule has 0 saturated heterocycles. The van der Waals surface area contributed by atoms with E-state index in [1.807, 2.05) is 24.3 Å². The van der Waals surface area contributed by atoms with Gasteiger partial charge in [-0.25, -0.2) is 0 Å². The molecule has 0 fully saturated rings. The monoisotopic (exact) mass is 267 g/mol. The van der Waals surface area contributed by atoms with Crippen LogP contribution in [0.4, 0.5) is 5.69 Å². The molecule has 0 aliphatic carbocycles. The lowest BCUT2D eigenvalue weighted by Gasteiger charge is -2.17. The Kier molecular flexibility index (Phi) is 6.22. The smallest absolute Gasteiger partial charge is 0.226 e. The van der Waals surface area contributed by atoms with Gasteiger partial charge in [0.25, 0.3) is 0 Å². The fourth-order valence-electron chi connectivity index (χ4n) is 1.56. The van der Waals surface area contributed by atoms with Crippen molar-refractivity contribution in [3.63, 3.8) is 0 Å². The van der Waals surface area contributed by atoms with Gasteiger partial charge >= 0.3 is 0 Å². The first kappa shape index (κ1) is 15.1. The fourth-order valence-corrected chi connectivity index (χ4v) is 2.40. The van der Waals surface area contributed by atoms with Crippen LogP contribution in [0.5, 0.6) is 0 Å². The summed E-state index contributed by atoms with van der Waals surface area (Å²) in [5.74, 6) is 0.0355. The van der Waals surface area contributed by atoms with E-state index in [9.17, 15) is 4.79 Å². The maximum absolute atomic E-state index is 11.8. The Bertz CT molecular complexity index is 376. The average Bonchev–Trinajstić information content (AvgIpc) is 2.35. The molecule has 1 aromatic carbocycles. The number of nitrogens with zero attached hydrogens (tertiary/aromatic N) is 1. The molecule has 3 nitrogen and oxygen atoms in total. The fraction of sp³-hybridized carbons (Fsp3) is 0.500. The van der Waals surface area contributed by atoms with Crippen molar-refractivity contribution < 1.29 is 9.90 Å². The minimum atomic E-state index is 0.0355. The standard InChI is InChI=1S/C14H21NO2S/c1-11(2)18-13-8-6-12(7-9-13)15(3)14(17)5-4-10-16/h6-9,11,16H,4-5,10H2,1-3H3. The van der Waals surface area contributed by atoms with Crippen molar-refractivity contribution in [3.05, 3.63) is 24.3 Å². The van der Waals surface area contributed by atoms with Crippen molar-refractivity contribution in [1.29, 1.82) is 0 Å². The molecule has 18 heavy (non-hydrogen) atoms. The number of benzene rings is 1. The summed E-state index contributed by atoms with van der Waals surface area (Å²) in [5.41, 5.74) is 0.894. The van der Waals surface area contributed by atoms with Crippen molar-refractivity contribution in [1.82, 2.24) is 0 Å². The molecule has 0 aliphatic heterocycles. The van der Waals surface area contributed by atoms with E-state index in [1.165, 1.54) is 4.90 Å². The lowest BCUT2D eigenvalue weighted by atomic mass is 10.2. The molecule has 1 rings (SSSR count). The Balaban J connectivity index is 2.63. The first-order chi connectivity index (χ1) is 8.54. The number of carbonyl (C=O) groups excluding carboxylic acids is 1. The van der Waals surface area contributed by atoms with Gasteiger partial charge < -0.3 is 10.0 Å². The minimum Gasteiger partial charge on any atom is -0.396 e. The van der Waals surface area contributed by atoms with Crippen LogP contribution in [0.1, 0.15) is 26.7 Å². The van der Waals surface area contributed by atoms with E-state index in [1.54, 1.807) is 23.7 Å². The molecule has 0 heterocycles. The second-order valence-electron chi connectivity index (χ2n) is 4.44. The molecule has 0 atom stereocenters. The summed E-state index contributed by atoms with van der Waals surface area (Å²) < 4.78 is 0. The molecule has 1 aromatic rings. The summed E-state index contributed by atoms with van der Waals surface area (Å²) in [6, 6.07) is 7.99. The molecule has 100 valence electrons. The quantitative estimate of drug-likeness (QED) is 0.806. The number of hydrogen-bond donors (Lipinski definition) is 1. The van der Waals surface area contributed by atoms with Crippen LogP contribution < -0.4 is 4.90 Å². The third-order valence-corrected chi connectivity index (χ3v) is 3.53. The van der Waals surface area contributed by atoms with Gasteiger partial charge in [0.15, 0.2) is 0 Å². The van der Waals surface area contributed by atoms with Crippen molar-refractivity contribution in [2.75, 3.05) is 18.6 Å². The van der Waals surface area contributed by atoms with Crippen molar-refractivity contribution >= 4 is 23.4 Å². The summed E-state index contributed by atoms with van der Waals surface area (Å²) in [5, 5.41) is 9.27. The summed E-state index contributed by atoms with van der Waals surface area (Å²) in [6.45, 7) is 4.37. The summed E-state index contributed by atoms with van der Waals surface area (Å²) in [4.78, 5) is 14.6. The van der Waals surface area contributed by atoms with E-state index in [4.69, 9.17) is 5.11 Å². The summed E-state index contributed by atoms with van der Waals surface area (Å²) in [6.07, 6.45) is 0.903. The number of amides is 1. The molecule has 0 radical (unpaired) electrons. The van der Waals surface area contributed by atoms with Crippen molar-refractivity contribution in [2.45, 2.75) is 36.8 Å². The van der Waals surface area contributed by atoms with Gasteiger partial charge in [-0.05, 0) is 30.7 Å². The summed E-state index contributed by atoms with van der Waals surface area (Å²) in [7, 11) is 1.77. The molecule has 1 amide bonds. The molecule has 0 unspecified atom stereocenters. The Morgan fingerprint density at radius 3 is 2.44 bits per heavy atom. The molecule has 0 saturated carbocycles. The summed E-state index contributed by atoms with van der Waals surface area (Å²) >= 11 is 1.80. The van der Waals surface area contributed by atoms with Gasteiger partial charge in [0.1, 0.15) is 0 Å². The van der Waals surface area contributed by atoms with Crippen LogP contribution in [0.3, 0.4) is 0 Å². The minimum absolute atomic E-state index is 0.0355. The topological polar surface area (TPSA) is 40.5 Å². The van der Waals surface area contributed by atoms with E-state index >= 15 is 0 Å². The average molecular weight is 267 g/mol. The Labute approximate surface area is 113 Å². The van der Waals surface area contributed by atoms with E-state index in [2.05, 4.69) is 13.8 Å². The van der Waals surface area contributed by atoms with E-state index < -0.39 is 0 Å². The zero-order valence-electron chi connectivity index (χ0n) is 11.2. The van der Waals surface area contributed by atoms with Gasteiger partial charge in [-0.3, -0.25) is 4.79 Å². The zero-order valence-corrected chi connectivity index (χ0v) is 12.0. The van der Waals surface area contributed by atoms with Gasteiger partial charge in [-0.1, -0.05) is 13.8 Å². The van der Waals surface area contributed by atoms with Crippen LogP contribution >= 0.6 is 11.8 Å². The highest BCUT2D eigenvalue weighted by Gasteiger charge is 2.10. The number of carbonyl (C=O) groups is 1. The lowest BCUT2D eigenvalue weighted by Crippen LogP contribution is -2.25. The molecule has 0 bridgehead atoms.